The second-order valence-corrected chi connectivity index (χ2v) is 4.84. The predicted molar refractivity (Wildman–Crippen MR) is 71.3 cm³/mol. The van der Waals surface area contributed by atoms with Crippen LogP contribution >= 0.6 is 12.4 Å². The van der Waals surface area contributed by atoms with Crippen molar-refractivity contribution >= 4 is 18.3 Å². The fourth-order valence-corrected chi connectivity index (χ4v) is 1.81. The molecule has 1 aliphatic rings. The van der Waals surface area contributed by atoms with Gasteiger partial charge in [0.05, 0.1) is 12.1 Å². The quantitative estimate of drug-likeness (QED) is 0.790. The second kappa shape index (κ2) is 8.72. The lowest BCUT2D eigenvalue weighted by molar-refractivity contribution is -0.123. The van der Waals surface area contributed by atoms with Gasteiger partial charge in [0.1, 0.15) is 0 Å². The highest BCUT2D eigenvalue weighted by atomic mass is 35.5. The molecule has 1 heterocycles. The Morgan fingerprint density at radius 2 is 2.18 bits per heavy atom. The van der Waals surface area contributed by atoms with E-state index in [1.807, 2.05) is 13.8 Å². The summed E-state index contributed by atoms with van der Waals surface area (Å²) >= 11 is 0. The summed E-state index contributed by atoms with van der Waals surface area (Å²) in [6.07, 6.45) is 4.75. The number of hydrogen-bond acceptors (Lipinski definition) is 3. The summed E-state index contributed by atoms with van der Waals surface area (Å²) in [6.45, 7) is 5.44. The minimum absolute atomic E-state index is 0. The van der Waals surface area contributed by atoms with Crippen LogP contribution in [-0.2, 0) is 9.53 Å². The molecule has 2 atom stereocenters. The molecule has 1 amide bonds. The van der Waals surface area contributed by atoms with Gasteiger partial charge in [0.15, 0.2) is 0 Å². The first-order chi connectivity index (χ1) is 7.61. The first kappa shape index (κ1) is 16.7. The molecule has 0 aromatic carbocycles. The fraction of sp³-hybridized carbons (Fsp3) is 0.917. The van der Waals surface area contributed by atoms with E-state index in [4.69, 9.17) is 10.5 Å². The monoisotopic (exact) mass is 264 g/mol. The first-order valence-electron chi connectivity index (χ1n) is 6.26. The number of nitrogens with two attached hydrogens (primary N) is 1. The van der Waals surface area contributed by atoms with Crippen LogP contribution < -0.4 is 11.1 Å². The third kappa shape index (κ3) is 6.24. The molecule has 17 heavy (non-hydrogen) atoms. The van der Waals surface area contributed by atoms with Crippen LogP contribution in [0.2, 0.25) is 0 Å². The molecule has 5 heteroatoms. The molecule has 1 rings (SSSR count). The smallest absolute Gasteiger partial charge is 0.237 e. The molecule has 0 aromatic heterocycles. The van der Waals surface area contributed by atoms with Crippen LogP contribution in [0.1, 0.15) is 39.5 Å². The molecule has 0 saturated carbocycles. The number of carbonyl (C=O) groups is 1. The van der Waals surface area contributed by atoms with Gasteiger partial charge in [0, 0.05) is 13.2 Å². The number of amides is 1. The van der Waals surface area contributed by atoms with Gasteiger partial charge >= 0.3 is 0 Å². The standard InChI is InChI=1S/C12H24N2O2.ClH/c1-9(2)11(13)12(15)14-7-6-10-5-3-4-8-16-10;/h9-11H,3-8,13H2,1-2H3,(H,14,15);1H/t10?,11-;/m0./s1. The lowest BCUT2D eigenvalue weighted by atomic mass is 10.0. The van der Waals surface area contributed by atoms with Crippen molar-refractivity contribution in [2.75, 3.05) is 13.2 Å². The molecule has 0 aliphatic carbocycles. The maximum Gasteiger partial charge on any atom is 0.237 e. The van der Waals surface area contributed by atoms with Crippen LogP contribution in [0.3, 0.4) is 0 Å². The number of hydrogen-bond donors (Lipinski definition) is 2. The van der Waals surface area contributed by atoms with E-state index in [0.29, 0.717) is 12.6 Å². The molecule has 0 aromatic rings. The van der Waals surface area contributed by atoms with Crippen LogP contribution in [0.25, 0.3) is 0 Å². The summed E-state index contributed by atoms with van der Waals surface area (Å²) < 4.78 is 5.59. The highest BCUT2D eigenvalue weighted by Gasteiger charge is 2.18. The Labute approximate surface area is 110 Å². The largest absolute Gasteiger partial charge is 0.378 e. The molecular formula is C12H25ClN2O2. The van der Waals surface area contributed by atoms with Crippen molar-refractivity contribution in [1.29, 1.82) is 0 Å². The van der Waals surface area contributed by atoms with Crippen molar-refractivity contribution in [3.05, 3.63) is 0 Å². The van der Waals surface area contributed by atoms with Crippen LogP contribution in [-0.4, -0.2) is 31.2 Å². The SMILES string of the molecule is CC(C)[C@H](N)C(=O)NCCC1CCCCO1.Cl. The zero-order chi connectivity index (χ0) is 12.0. The second-order valence-electron chi connectivity index (χ2n) is 4.84. The summed E-state index contributed by atoms with van der Waals surface area (Å²) in [5.41, 5.74) is 5.74. The Hall–Kier alpha value is -0.320. The molecular weight excluding hydrogens is 240 g/mol. The molecule has 1 aliphatic heterocycles. The van der Waals surface area contributed by atoms with E-state index in [2.05, 4.69) is 5.32 Å². The molecule has 102 valence electrons. The normalized spacial score (nSPS) is 21.8. The van der Waals surface area contributed by atoms with Crippen LogP contribution in [0, 0.1) is 5.92 Å². The Bertz CT molecular complexity index is 219. The zero-order valence-electron chi connectivity index (χ0n) is 10.8. The van der Waals surface area contributed by atoms with Gasteiger partial charge in [-0.05, 0) is 31.6 Å². The average Bonchev–Trinajstić information content (AvgIpc) is 2.29. The molecule has 3 N–H and O–H groups in total. The minimum Gasteiger partial charge on any atom is -0.378 e. The maximum absolute atomic E-state index is 11.5. The van der Waals surface area contributed by atoms with Gasteiger partial charge in [-0.25, -0.2) is 0 Å². The molecule has 0 radical (unpaired) electrons. The lowest BCUT2D eigenvalue weighted by Crippen LogP contribution is -2.44. The van der Waals surface area contributed by atoms with Crippen molar-refractivity contribution in [1.82, 2.24) is 5.32 Å². The summed E-state index contributed by atoms with van der Waals surface area (Å²) in [4.78, 5) is 11.5. The van der Waals surface area contributed by atoms with Gasteiger partial charge in [-0.15, -0.1) is 12.4 Å². The van der Waals surface area contributed by atoms with Crippen LogP contribution in [0.4, 0.5) is 0 Å². The fourth-order valence-electron chi connectivity index (χ4n) is 1.81. The van der Waals surface area contributed by atoms with Crippen molar-refractivity contribution in [3.8, 4) is 0 Å². The highest BCUT2D eigenvalue weighted by Crippen LogP contribution is 2.14. The van der Waals surface area contributed by atoms with Crippen molar-refractivity contribution in [2.24, 2.45) is 11.7 Å². The van der Waals surface area contributed by atoms with Gasteiger partial charge in [-0.2, -0.15) is 0 Å². The number of rotatable bonds is 5. The highest BCUT2D eigenvalue weighted by molar-refractivity contribution is 5.85. The maximum atomic E-state index is 11.5. The van der Waals surface area contributed by atoms with Gasteiger partial charge in [0.2, 0.25) is 5.91 Å². The molecule has 0 bridgehead atoms. The molecule has 4 nitrogen and oxygen atoms in total. The molecule has 1 saturated heterocycles. The average molecular weight is 265 g/mol. The van der Waals surface area contributed by atoms with Crippen molar-refractivity contribution in [2.45, 2.75) is 51.7 Å². The zero-order valence-corrected chi connectivity index (χ0v) is 11.6. The number of halogens is 1. The summed E-state index contributed by atoms with van der Waals surface area (Å²) in [7, 11) is 0. The van der Waals surface area contributed by atoms with Crippen LogP contribution in [0.5, 0.6) is 0 Å². The van der Waals surface area contributed by atoms with Gasteiger partial charge in [-0.3, -0.25) is 4.79 Å². The van der Waals surface area contributed by atoms with E-state index >= 15 is 0 Å². The Kier molecular flexibility index (Phi) is 8.56. The summed E-state index contributed by atoms with van der Waals surface area (Å²) in [5.74, 6) is 0.136. The number of nitrogens with one attached hydrogen (secondary N) is 1. The van der Waals surface area contributed by atoms with Crippen molar-refractivity contribution in [3.63, 3.8) is 0 Å². The minimum atomic E-state index is -0.396. The lowest BCUT2D eigenvalue weighted by Gasteiger charge is -2.23. The Balaban J connectivity index is 0.00000256. The van der Waals surface area contributed by atoms with Gasteiger partial charge in [0.25, 0.3) is 0 Å². The topological polar surface area (TPSA) is 64.4 Å². The van der Waals surface area contributed by atoms with E-state index in [1.54, 1.807) is 0 Å². The van der Waals surface area contributed by atoms with E-state index in [1.165, 1.54) is 12.8 Å². The van der Waals surface area contributed by atoms with E-state index in [0.717, 1.165) is 19.4 Å². The predicted octanol–water partition coefficient (Wildman–Crippen LogP) is 1.47. The number of ether oxygens (including phenoxy) is 1. The summed E-state index contributed by atoms with van der Waals surface area (Å²) in [5, 5.41) is 2.87. The number of carbonyl (C=O) groups excluding carboxylic acids is 1. The van der Waals surface area contributed by atoms with E-state index < -0.39 is 6.04 Å². The Morgan fingerprint density at radius 1 is 1.47 bits per heavy atom. The van der Waals surface area contributed by atoms with Gasteiger partial charge in [-0.1, -0.05) is 13.8 Å². The van der Waals surface area contributed by atoms with Crippen molar-refractivity contribution < 1.29 is 9.53 Å². The third-order valence-corrected chi connectivity index (χ3v) is 3.06. The van der Waals surface area contributed by atoms with Crippen LogP contribution in [0.15, 0.2) is 0 Å². The third-order valence-electron chi connectivity index (χ3n) is 3.06. The molecule has 1 unspecified atom stereocenters. The summed E-state index contributed by atoms with van der Waals surface area (Å²) in [6, 6.07) is -0.396. The molecule has 0 spiro atoms. The first-order valence-corrected chi connectivity index (χ1v) is 6.26. The van der Waals surface area contributed by atoms with E-state index in [9.17, 15) is 4.79 Å². The van der Waals surface area contributed by atoms with Gasteiger partial charge < -0.3 is 15.8 Å². The van der Waals surface area contributed by atoms with E-state index in [-0.39, 0.29) is 24.2 Å². The Morgan fingerprint density at radius 3 is 2.71 bits per heavy atom. The molecule has 1 fully saturated rings.